The van der Waals surface area contributed by atoms with E-state index in [0.717, 1.165) is 29.6 Å². The molecule has 0 aliphatic carbocycles. The van der Waals surface area contributed by atoms with Crippen molar-refractivity contribution in [2.24, 2.45) is 0 Å². The zero-order valence-electron chi connectivity index (χ0n) is 10.9. The van der Waals surface area contributed by atoms with Crippen LogP contribution in [0.15, 0.2) is 28.9 Å². The summed E-state index contributed by atoms with van der Waals surface area (Å²) in [4.78, 5) is 4.36. The third-order valence-corrected chi connectivity index (χ3v) is 3.62. The Labute approximate surface area is 126 Å². The third kappa shape index (κ3) is 2.53. The molecule has 104 valence electrons. The number of hydrogen-bond donors (Lipinski definition) is 0. The minimum atomic E-state index is 0.511. The van der Waals surface area contributed by atoms with Crippen molar-refractivity contribution in [2.45, 2.75) is 26.3 Å². The van der Waals surface area contributed by atoms with Crippen LogP contribution in [0.1, 0.15) is 25.1 Å². The first-order chi connectivity index (χ1) is 9.67. The number of aryl methyl sites for hydroxylation is 1. The first kappa shape index (κ1) is 13.5. The van der Waals surface area contributed by atoms with Gasteiger partial charge in [-0.25, -0.2) is 0 Å². The predicted molar refractivity (Wildman–Crippen MR) is 79.4 cm³/mol. The molecule has 0 fully saturated rings. The number of benzene rings is 1. The molecule has 2 aromatic heterocycles. The van der Waals surface area contributed by atoms with E-state index in [2.05, 4.69) is 17.1 Å². The second-order valence-corrected chi connectivity index (χ2v) is 5.46. The van der Waals surface area contributed by atoms with Crippen LogP contribution in [-0.4, -0.2) is 14.7 Å². The van der Waals surface area contributed by atoms with E-state index in [-0.39, 0.29) is 0 Å². The van der Waals surface area contributed by atoms with Gasteiger partial charge in [-0.15, -0.1) is 0 Å². The van der Waals surface area contributed by atoms with Crippen LogP contribution in [-0.2, 0) is 13.0 Å². The Morgan fingerprint density at radius 3 is 2.95 bits per heavy atom. The molecule has 4 nitrogen and oxygen atoms in total. The number of aromatic nitrogens is 3. The Morgan fingerprint density at radius 1 is 1.30 bits per heavy atom. The van der Waals surface area contributed by atoms with Gasteiger partial charge in [0, 0.05) is 23.0 Å². The number of nitrogens with zero attached hydrogens (tertiary/aromatic N) is 3. The molecule has 0 spiro atoms. The van der Waals surface area contributed by atoms with E-state index in [1.165, 1.54) is 0 Å². The zero-order chi connectivity index (χ0) is 14.1. The van der Waals surface area contributed by atoms with Crippen molar-refractivity contribution in [1.82, 2.24) is 14.7 Å². The van der Waals surface area contributed by atoms with Crippen LogP contribution in [0, 0.1) is 0 Å². The second kappa shape index (κ2) is 5.46. The molecule has 6 heteroatoms. The minimum Gasteiger partial charge on any atom is -0.338 e. The molecule has 1 aromatic carbocycles. The molecular formula is C14H13Cl2N3O. The van der Waals surface area contributed by atoms with E-state index in [9.17, 15) is 0 Å². The highest BCUT2D eigenvalue weighted by atomic mass is 35.5. The highest BCUT2D eigenvalue weighted by Crippen LogP contribution is 2.29. The molecule has 0 N–H and O–H groups in total. The fourth-order valence-electron chi connectivity index (χ4n) is 2.18. The van der Waals surface area contributed by atoms with E-state index >= 15 is 0 Å². The van der Waals surface area contributed by atoms with Gasteiger partial charge in [0.05, 0.1) is 10.5 Å². The van der Waals surface area contributed by atoms with Crippen LogP contribution in [0.25, 0.3) is 10.9 Å². The van der Waals surface area contributed by atoms with Crippen molar-refractivity contribution in [3.05, 3.63) is 46.2 Å². The minimum absolute atomic E-state index is 0.511. The van der Waals surface area contributed by atoms with Crippen molar-refractivity contribution < 1.29 is 4.52 Å². The van der Waals surface area contributed by atoms with Gasteiger partial charge in [-0.2, -0.15) is 4.98 Å². The first-order valence-electron chi connectivity index (χ1n) is 6.42. The largest absolute Gasteiger partial charge is 0.338 e. The molecular weight excluding hydrogens is 297 g/mol. The van der Waals surface area contributed by atoms with Gasteiger partial charge in [0.25, 0.3) is 0 Å². The number of fused-ring (bicyclic) bond motifs is 1. The molecule has 0 radical (unpaired) electrons. The maximum atomic E-state index is 6.17. The van der Waals surface area contributed by atoms with Gasteiger partial charge in [-0.3, -0.25) is 0 Å². The van der Waals surface area contributed by atoms with Crippen LogP contribution in [0.2, 0.25) is 10.0 Å². The summed E-state index contributed by atoms with van der Waals surface area (Å²) in [6.45, 7) is 2.59. The molecule has 0 unspecified atom stereocenters. The molecule has 3 rings (SSSR count). The van der Waals surface area contributed by atoms with Crippen molar-refractivity contribution >= 4 is 34.1 Å². The normalized spacial score (nSPS) is 11.3. The van der Waals surface area contributed by atoms with E-state index in [1.807, 2.05) is 22.9 Å². The molecule has 0 aliphatic heterocycles. The molecule has 0 saturated heterocycles. The van der Waals surface area contributed by atoms with E-state index in [4.69, 9.17) is 27.7 Å². The van der Waals surface area contributed by atoms with Gasteiger partial charge < -0.3 is 9.09 Å². The smallest absolute Gasteiger partial charge is 0.246 e. The molecule has 0 amide bonds. The summed E-state index contributed by atoms with van der Waals surface area (Å²) in [7, 11) is 0. The summed E-state index contributed by atoms with van der Waals surface area (Å²) in [5.41, 5.74) is 0.956. The van der Waals surface area contributed by atoms with E-state index in [0.29, 0.717) is 22.5 Å². The van der Waals surface area contributed by atoms with Crippen LogP contribution >= 0.6 is 23.2 Å². The van der Waals surface area contributed by atoms with Crippen molar-refractivity contribution in [2.75, 3.05) is 0 Å². The molecule has 0 saturated carbocycles. The maximum absolute atomic E-state index is 6.17. The summed E-state index contributed by atoms with van der Waals surface area (Å²) in [5, 5.41) is 6.17. The number of rotatable bonds is 4. The summed E-state index contributed by atoms with van der Waals surface area (Å²) in [5.74, 6) is 1.33. The number of halogens is 2. The average molecular weight is 310 g/mol. The van der Waals surface area contributed by atoms with Crippen molar-refractivity contribution in [3.63, 3.8) is 0 Å². The lowest BCUT2D eigenvalue weighted by atomic mass is 10.2. The van der Waals surface area contributed by atoms with Crippen molar-refractivity contribution in [1.29, 1.82) is 0 Å². The lowest BCUT2D eigenvalue weighted by Crippen LogP contribution is -1.98. The Bertz CT molecular complexity index is 748. The lowest BCUT2D eigenvalue weighted by Gasteiger charge is -2.03. The van der Waals surface area contributed by atoms with Gasteiger partial charge in [0.1, 0.15) is 6.54 Å². The van der Waals surface area contributed by atoms with E-state index in [1.54, 1.807) is 6.07 Å². The maximum Gasteiger partial charge on any atom is 0.246 e. The molecule has 20 heavy (non-hydrogen) atoms. The lowest BCUT2D eigenvalue weighted by molar-refractivity contribution is 0.367. The highest BCUT2D eigenvalue weighted by Gasteiger charge is 2.10. The molecule has 0 aliphatic rings. The first-order valence-corrected chi connectivity index (χ1v) is 7.18. The molecule has 2 heterocycles. The molecule has 0 bridgehead atoms. The second-order valence-electron chi connectivity index (χ2n) is 4.62. The molecule has 0 atom stereocenters. The van der Waals surface area contributed by atoms with Crippen LogP contribution < -0.4 is 0 Å². The standard InChI is InChI=1S/C14H13Cl2N3O/c1-2-3-13-17-14(20-18-13)8-19-5-4-10-11(16)6-9(15)7-12(10)19/h4-7H,2-3,8H2,1H3. The fraction of sp³-hybridized carbons (Fsp3) is 0.286. The van der Waals surface area contributed by atoms with Gasteiger partial charge in [-0.05, 0) is 24.6 Å². The fourth-order valence-corrected chi connectivity index (χ4v) is 2.73. The summed E-state index contributed by atoms with van der Waals surface area (Å²) in [6, 6.07) is 5.57. The highest BCUT2D eigenvalue weighted by molar-refractivity contribution is 6.38. The van der Waals surface area contributed by atoms with Gasteiger partial charge in [0.15, 0.2) is 5.82 Å². The SMILES string of the molecule is CCCc1noc(Cn2ccc3c(Cl)cc(Cl)cc32)n1. The molecule has 3 aromatic rings. The van der Waals surface area contributed by atoms with Crippen molar-refractivity contribution in [3.8, 4) is 0 Å². The third-order valence-electron chi connectivity index (χ3n) is 3.09. The Kier molecular flexibility index (Phi) is 3.68. The summed E-state index contributed by atoms with van der Waals surface area (Å²) < 4.78 is 7.25. The van der Waals surface area contributed by atoms with Gasteiger partial charge >= 0.3 is 0 Å². The van der Waals surface area contributed by atoms with Gasteiger partial charge in [0.2, 0.25) is 5.89 Å². The monoisotopic (exact) mass is 309 g/mol. The Hall–Kier alpha value is -1.52. The quantitative estimate of drug-likeness (QED) is 0.720. The summed E-state index contributed by atoms with van der Waals surface area (Å²) >= 11 is 12.2. The van der Waals surface area contributed by atoms with Crippen LogP contribution in [0.3, 0.4) is 0 Å². The predicted octanol–water partition coefficient (Wildman–Crippen LogP) is 4.33. The zero-order valence-corrected chi connectivity index (χ0v) is 12.4. The average Bonchev–Trinajstić information content (AvgIpc) is 2.99. The van der Waals surface area contributed by atoms with Crippen LogP contribution in [0.5, 0.6) is 0 Å². The van der Waals surface area contributed by atoms with Gasteiger partial charge in [-0.1, -0.05) is 35.3 Å². The topological polar surface area (TPSA) is 43.9 Å². The van der Waals surface area contributed by atoms with Crippen LogP contribution in [0.4, 0.5) is 0 Å². The number of hydrogen-bond acceptors (Lipinski definition) is 3. The Balaban J connectivity index is 1.94. The summed E-state index contributed by atoms with van der Waals surface area (Å²) in [6.07, 6.45) is 3.76. The Morgan fingerprint density at radius 2 is 2.15 bits per heavy atom. The van der Waals surface area contributed by atoms with E-state index < -0.39 is 0 Å².